The molecule has 0 saturated carbocycles. The molecule has 1 nitrogen and oxygen atoms in total. The number of benzene rings is 2. The van der Waals surface area contributed by atoms with Gasteiger partial charge in [0.15, 0.2) is 6.20 Å². The molecular weight excluding hydrogens is 254 g/mol. The van der Waals surface area contributed by atoms with Crippen molar-refractivity contribution in [2.45, 2.75) is 26.7 Å². The van der Waals surface area contributed by atoms with Crippen molar-refractivity contribution in [1.82, 2.24) is 0 Å². The molecule has 1 aromatic heterocycles. The van der Waals surface area contributed by atoms with E-state index < -0.39 is 0 Å². The van der Waals surface area contributed by atoms with Gasteiger partial charge in [0.2, 0.25) is 5.69 Å². The van der Waals surface area contributed by atoms with Crippen LogP contribution in [0.4, 0.5) is 0 Å². The highest BCUT2D eigenvalue weighted by atomic mass is 14.9. The van der Waals surface area contributed by atoms with Gasteiger partial charge in [0.05, 0.1) is 5.39 Å². The average Bonchev–Trinajstić information content (AvgIpc) is 2.48. The second-order valence-corrected chi connectivity index (χ2v) is 6.09. The molecule has 0 saturated heterocycles. The molecule has 0 aliphatic rings. The maximum absolute atomic E-state index is 2.35. The second kappa shape index (κ2) is 5.33. The molecule has 3 rings (SSSR count). The SMILES string of the molecule is Cc1ccc(C(C)C)cc1-c1c2ccccc2cc[n+]1C. The monoisotopic (exact) mass is 276 g/mol. The van der Waals surface area contributed by atoms with Gasteiger partial charge in [-0.15, -0.1) is 0 Å². The van der Waals surface area contributed by atoms with Crippen molar-refractivity contribution in [2.24, 2.45) is 7.05 Å². The van der Waals surface area contributed by atoms with Crippen molar-refractivity contribution in [2.75, 3.05) is 0 Å². The molecule has 0 spiro atoms. The van der Waals surface area contributed by atoms with Crippen molar-refractivity contribution in [3.05, 3.63) is 65.9 Å². The first-order chi connectivity index (χ1) is 10.1. The van der Waals surface area contributed by atoms with Gasteiger partial charge in [-0.1, -0.05) is 44.2 Å². The molecule has 1 heterocycles. The molecule has 106 valence electrons. The van der Waals surface area contributed by atoms with Crippen molar-refractivity contribution < 1.29 is 4.57 Å². The van der Waals surface area contributed by atoms with E-state index in [2.05, 4.69) is 87.1 Å². The van der Waals surface area contributed by atoms with Crippen molar-refractivity contribution in [3.63, 3.8) is 0 Å². The maximum atomic E-state index is 2.35. The van der Waals surface area contributed by atoms with Crippen molar-refractivity contribution in [3.8, 4) is 11.3 Å². The third kappa shape index (κ3) is 2.44. The van der Waals surface area contributed by atoms with Crippen LogP contribution in [0, 0.1) is 6.92 Å². The third-order valence-electron chi connectivity index (χ3n) is 4.23. The van der Waals surface area contributed by atoms with Crippen molar-refractivity contribution >= 4 is 10.8 Å². The Labute approximate surface area is 126 Å². The van der Waals surface area contributed by atoms with E-state index in [1.165, 1.54) is 33.2 Å². The van der Waals surface area contributed by atoms with Crippen LogP contribution in [0.5, 0.6) is 0 Å². The number of aromatic nitrogens is 1. The van der Waals surface area contributed by atoms with Gasteiger partial charge >= 0.3 is 0 Å². The highest BCUT2D eigenvalue weighted by molar-refractivity contribution is 5.93. The van der Waals surface area contributed by atoms with Gasteiger partial charge in [-0.2, -0.15) is 0 Å². The summed E-state index contributed by atoms with van der Waals surface area (Å²) in [6.07, 6.45) is 2.15. The largest absolute Gasteiger partial charge is 0.220 e. The predicted molar refractivity (Wildman–Crippen MR) is 89.4 cm³/mol. The Morgan fingerprint density at radius 1 is 0.952 bits per heavy atom. The Balaban J connectivity index is 2.34. The zero-order chi connectivity index (χ0) is 15.0. The lowest BCUT2D eigenvalue weighted by molar-refractivity contribution is -0.659. The van der Waals surface area contributed by atoms with Gasteiger partial charge in [0, 0.05) is 11.6 Å². The van der Waals surface area contributed by atoms with Crippen LogP contribution in [0.25, 0.3) is 22.0 Å². The van der Waals surface area contributed by atoms with E-state index in [1.54, 1.807) is 0 Å². The fraction of sp³-hybridized carbons (Fsp3) is 0.250. The predicted octanol–water partition coefficient (Wildman–Crippen LogP) is 4.76. The zero-order valence-corrected chi connectivity index (χ0v) is 13.2. The molecule has 0 atom stereocenters. The molecule has 0 aliphatic heterocycles. The Morgan fingerprint density at radius 2 is 1.71 bits per heavy atom. The number of nitrogens with zero attached hydrogens (tertiary/aromatic N) is 1. The minimum absolute atomic E-state index is 0.546. The van der Waals surface area contributed by atoms with E-state index in [0.717, 1.165) is 0 Å². The number of hydrogen-bond donors (Lipinski definition) is 0. The summed E-state index contributed by atoms with van der Waals surface area (Å²) >= 11 is 0. The van der Waals surface area contributed by atoms with E-state index in [9.17, 15) is 0 Å². The summed E-state index contributed by atoms with van der Waals surface area (Å²) in [5.41, 5.74) is 5.35. The lowest BCUT2D eigenvalue weighted by Crippen LogP contribution is -2.30. The Bertz CT molecular complexity index is 800. The van der Waals surface area contributed by atoms with E-state index in [4.69, 9.17) is 0 Å². The lowest BCUT2D eigenvalue weighted by Gasteiger charge is -2.11. The normalized spacial score (nSPS) is 11.3. The molecule has 0 unspecified atom stereocenters. The molecule has 0 N–H and O–H groups in total. The van der Waals surface area contributed by atoms with Gasteiger partial charge < -0.3 is 0 Å². The average molecular weight is 276 g/mol. The van der Waals surface area contributed by atoms with Crippen LogP contribution in [0.15, 0.2) is 54.7 Å². The molecule has 0 radical (unpaired) electrons. The second-order valence-electron chi connectivity index (χ2n) is 6.09. The van der Waals surface area contributed by atoms with E-state index in [0.29, 0.717) is 5.92 Å². The standard InChI is InChI=1S/C20H22N/c1-14(2)17-10-9-15(3)19(13-17)20-18-8-6-5-7-16(18)11-12-21(20)4/h5-14H,1-4H3/q+1. The topological polar surface area (TPSA) is 3.88 Å². The lowest BCUT2D eigenvalue weighted by atomic mass is 9.94. The first kappa shape index (κ1) is 13.8. The summed E-state index contributed by atoms with van der Waals surface area (Å²) in [5.74, 6) is 0.546. The van der Waals surface area contributed by atoms with Crippen LogP contribution in [0.2, 0.25) is 0 Å². The van der Waals surface area contributed by atoms with Crippen molar-refractivity contribution in [1.29, 1.82) is 0 Å². The summed E-state index contributed by atoms with van der Waals surface area (Å²) < 4.78 is 2.23. The number of rotatable bonds is 2. The summed E-state index contributed by atoms with van der Waals surface area (Å²) in [7, 11) is 2.13. The van der Waals surface area contributed by atoms with Gasteiger partial charge in [0.1, 0.15) is 7.05 Å². The first-order valence-electron chi connectivity index (χ1n) is 7.56. The van der Waals surface area contributed by atoms with Gasteiger partial charge in [-0.05, 0) is 41.5 Å². The summed E-state index contributed by atoms with van der Waals surface area (Å²) in [4.78, 5) is 0. The fourth-order valence-electron chi connectivity index (χ4n) is 2.90. The molecule has 0 fully saturated rings. The van der Waals surface area contributed by atoms with Crippen LogP contribution in [-0.4, -0.2) is 0 Å². The third-order valence-corrected chi connectivity index (χ3v) is 4.23. The molecular formula is C20H22N+. The Morgan fingerprint density at radius 3 is 2.48 bits per heavy atom. The number of fused-ring (bicyclic) bond motifs is 1. The van der Waals surface area contributed by atoms with Crippen LogP contribution in [0.3, 0.4) is 0 Å². The van der Waals surface area contributed by atoms with Crippen LogP contribution < -0.4 is 4.57 Å². The van der Waals surface area contributed by atoms with E-state index in [-0.39, 0.29) is 0 Å². The Kier molecular flexibility index (Phi) is 3.50. The quantitative estimate of drug-likeness (QED) is 0.594. The smallest absolute Gasteiger partial charge is 0.200 e. The number of aryl methyl sites for hydroxylation is 2. The molecule has 1 heteroatoms. The van der Waals surface area contributed by atoms with Crippen LogP contribution in [-0.2, 0) is 7.05 Å². The highest BCUT2D eigenvalue weighted by Crippen LogP contribution is 2.30. The Hall–Kier alpha value is -2.15. The van der Waals surface area contributed by atoms with E-state index in [1.807, 2.05) is 0 Å². The summed E-state index contributed by atoms with van der Waals surface area (Å²) in [6.45, 7) is 6.69. The molecule has 2 aromatic carbocycles. The van der Waals surface area contributed by atoms with Gasteiger partial charge in [0.25, 0.3) is 0 Å². The number of pyridine rings is 1. The maximum Gasteiger partial charge on any atom is 0.220 e. The van der Waals surface area contributed by atoms with Crippen LogP contribution in [0.1, 0.15) is 30.9 Å². The van der Waals surface area contributed by atoms with Crippen LogP contribution >= 0.6 is 0 Å². The molecule has 3 aromatic rings. The minimum atomic E-state index is 0.546. The van der Waals surface area contributed by atoms with E-state index >= 15 is 0 Å². The fourth-order valence-corrected chi connectivity index (χ4v) is 2.90. The number of hydrogen-bond acceptors (Lipinski definition) is 0. The first-order valence-corrected chi connectivity index (χ1v) is 7.56. The summed E-state index contributed by atoms with van der Waals surface area (Å²) in [5, 5.41) is 2.60. The van der Waals surface area contributed by atoms with Gasteiger partial charge in [-0.25, -0.2) is 4.57 Å². The molecule has 0 aliphatic carbocycles. The molecule has 0 bridgehead atoms. The molecule has 0 amide bonds. The minimum Gasteiger partial charge on any atom is -0.200 e. The molecule has 21 heavy (non-hydrogen) atoms. The summed E-state index contributed by atoms with van der Waals surface area (Å²) in [6, 6.07) is 17.6. The zero-order valence-electron chi connectivity index (χ0n) is 13.2. The van der Waals surface area contributed by atoms with Gasteiger partial charge in [-0.3, -0.25) is 0 Å². The highest BCUT2D eigenvalue weighted by Gasteiger charge is 2.17.